The minimum Gasteiger partial charge on any atom is -0.497 e. The Hall–Kier alpha value is -2.75. The first kappa shape index (κ1) is 22.9. The molecule has 0 unspecified atom stereocenters. The van der Waals surface area contributed by atoms with Crippen LogP contribution >= 0.6 is 34.7 Å². The van der Waals surface area contributed by atoms with Crippen LogP contribution in [0.5, 0.6) is 11.5 Å². The summed E-state index contributed by atoms with van der Waals surface area (Å²) in [6, 6.07) is 12.1. The van der Waals surface area contributed by atoms with Crippen molar-refractivity contribution in [1.82, 2.24) is 4.98 Å². The summed E-state index contributed by atoms with van der Waals surface area (Å²) in [5, 5.41) is 7.90. The van der Waals surface area contributed by atoms with Gasteiger partial charge in [-0.25, -0.2) is 4.98 Å². The molecule has 31 heavy (non-hydrogen) atoms. The van der Waals surface area contributed by atoms with Crippen LogP contribution in [0.2, 0.25) is 5.02 Å². The lowest BCUT2D eigenvalue weighted by atomic mass is 10.2. The van der Waals surface area contributed by atoms with Crippen molar-refractivity contribution >= 4 is 57.9 Å². The Balaban J connectivity index is 1.49. The molecule has 7 nitrogen and oxygen atoms in total. The lowest BCUT2D eigenvalue weighted by Gasteiger charge is -2.10. The molecule has 2 N–H and O–H groups in total. The Bertz CT molecular complexity index is 1060. The van der Waals surface area contributed by atoms with Crippen molar-refractivity contribution in [3.8, 4) is 11.5 Å². The van der Waals surface area contributed by atoms with Crippen LogP contribution in [0.15, 0.2) is 52.2 Å². The van der Waals surface area contributed by atoms with E-state index in [4.69, 9.17) is 21.1 Å². The van der Waals surface area contributed by atoms with Crippen molar-refractivity contribution < 1.29 is 19.1 Å². The van der Waals surface area contributed by atoms with E-state index in [1.807, 2.05) is 0 Å². The van der Waals surface area contributed by atoms with Crippen molar-refractivity contribution in [2.45, 2.75) is 10.8 Å². The number of ether oxygens (including phenoxy) is 2. The Kier molecular flexibility index (Phi) is 8.16. The highest BCUT2D eigenvalue weighted by molar-refractivity contribution is 8.01. The zero-order valence-electron chi connectivity index (χ0n) is 16.8. The number of nitrogens with one attached hydrogen (secondary N) is 2. The summed E-state index contributed by atoms with van der Waals surface area (Å²) in [6.07, 6.45) is 0.102. The molecule has 1 heterocycles. The average molecular weight is 478 g/mol. The van der Waals surface area contributed by atoms with E-state index in [9.17, 15) is 9.59 Å². The largest absolute Gasteiger partial charge is 0.497 e. The minimum absolute atomic E-state index is 0.102. The maximum absolute atomic E-state index is 12.4. The first-order chi connectivity index (χ1) is 15.0. The molecule has 0 radical (unpaired) electrons. The minimum atomic E-state index is -0.236. The zero-order chi connectivity index (χ0) is 22.2. The van der Waals surface area contributed by atoms with Gasteiger partial charge < -0.3 is 20.1 Å². The molecule has 0 aliphatic rings. The van der Waals surface area contributed by atoms with E-state index < -0.39 is 0 Å². The van der Waals surface area contributed by atoms with Gasteiger partial charge in [-0.1, -0.05) is 23.4 Å². The van der Waals surface area contributed by atoms with Gasteiger partial charge in [0.15, 0.2) is 4.34 Å². The predicted molar refractivity (Wildman–Crippen MR) is 125 cm³/mol. The van der Waals surface area contributed by atoms with E-state index in [1.54, 1.807) is 55.0 Å². The first-order valence-corrected chi connectivity index (χ1v) is 11.4. The number of methoxy groups -OCH3 is 2. The molecule has 1 aromatic heterocycles. The summed E-state index contributed by atoms with van der Waals surface area (Å²) in [5.41, 5.74) is 1.82. The van der Waals surface area contributed by atoms with Crippen LogP contribution in [-0.4, -0.2) is 36.8 Å². The summed E-state index contributed by atoms with van der Waals surface area (Å²) >= 11 is 8.69. The molecular formula is C21H20ClN3O4S2. The van der Waals surface area contributed by atoms with E-state index in [-0.39, 0.29) is 24.0 Å². The number of hydrogen-bond acceptors (Lipinski definition) is 7. The number of halogens is 1. The van der Waals surface area contributed by atoms with Crippen LogP contribution in [0.3, 0.4) is 0 Å². The van der Waals surface area contributed by atoms with Gasteiger partial charge in [-0.15, -0.1) is 11.3 Å². The quantitative estimate of drug-likeness (QED) is 0.433. The number of nitrogens with zero attached hydrogens (tertiary/aromatic N) is 1. The number of amides is 2. The maximum Gasteiger partial charge on any atom is 0.234 e. The molecule has 0 fully saturated rings. The lowest BCUT2D eigenvalue weighted by molar-refractivity contribution is -0.116. The number of carbonyl (C=O) groups is 2. The molecule has 0 aliphatic carbocycles. The molecule has 0 spiro atoms. The second kappa shape index (κ2) is 11.0. The number of thiazole rings is 1. The van der Waals surface area contributed by atoms with Crippen LogP contribution in [0, 0.1) is 0 Å². The SMILES string of the molecule is COc1ccc(NC(=O)CSc2nc(CC(=O)Nc3cc(Cl)ccc3OC)cs2)cc1. The lowest BCUT2D eigenvalue weighted by Crippen LogP contribution is -2.15. The monoisotopic (exact) mass is 477 g/mol. The Morgan fingerprint density at radius 1 is 1.06 bits per heavy atom. The van der Waals surface area contributed by atoms with Gasteiger partial charge in [-0.05, 0) is 42.5 Å². The van der Waals surface area contributed by atoms with E-state index in [2.05, 4.69) is 15.6 Å². The van der Waals surface area contributed by atoms with Gasteiger partial charge in [0.2, 0.25) is 11.8 Å². The number of thioether (sulfide) groups is 1. The van der Waals surface area contributed by atoms with Crippen LogP contribution in [0.25, 0.3) is 0 Å². The average Bonchev–Trinajstić information content (AvgIpc) is 3.20. The number of benzene rings is 2. The van der Waals surface area contributed by atoms with Gasteiger partial charge in [0.1, 0.15) is 11.5 Å². The zero-order valence-corrected chi connectivity index (χ0v) is 19.2. The van der Waals surface area contributed by atoms with Gasteiger partial charge in [0, 0.05) is 16.1 Å². The third-order valence-corrected chi connectivity index (χ3v) is 6.31. The van der Waals surface area contributed by atoms with Crippen LogP contribution in [0.4, 0.5) is 11.4 Å². The number of aromatic nitrogens is 1. The van der Waals surface area contributed by atoms with Gasteiger partial charge in [0.05, 0.1) is 37.8 Å². The van der Waals surface area contributed by atoms with Gasteiger partial charge in [-0.2, -0.15) is 0 Å². The third kappa shape index (κ3) is 6.88. The molecule has 2 aromatic carbocycles. The highest BCUT2D eigenvalue weighted by Gasteiger charge is 2.12. The van der Waals surface area contributed by atoms with E-state index in [0.717, 1.165) is 5.75 Å². The normalized spacial score (nSPS) is 10.4. The maximum atomic E-state index is 12.4. The molecule has 0 aliphatic heterocycles. The van der Waals surface area contributed by atoms with Crippen LogP contribution in [0.1, 0.15) is 5.69 Å². The van der Waals surface area contributed by atoms with Crippen molar-refractivity contribution in [2.75, 3.05) is 30.6 Å². The molecule has 3 rings (SSSR count). The number of hydrogen-bond donors (Lipinski definition) is 2. The fourth-order valence-electron chi connectivity index (χ4n) is 2.57. The van der Waals surface area contributed by atoms with Crippen LogP contribution < -0.4 is 20.1 Å². The molecular weight excluding hydrogens is 458 g/mol. The molecule has 0 atom stereocenters. The Morgan fingerprint density at radius 2 is 1.84 bits per heavy atom. The predicted octanol–water partition coefficient (Wildman–Crippen LogP) is 4.73. The molecule has 162 valence electrons. The Labute approximate surface area is 193 Å². The molecule has 0 saturated carbocycles. The fourth-order valence-corrected chi connectivity index (χ4v) is 4.39. The second-order valence-corrected chi connectivity index (χ2v) is 8.76. The summed E-state index contributed by atoms with van der Waals surface area (Å²) in [5.74, 6) is 1.08. The number of anilines is 2. The topological polar surface area (TPSA) is 89.5 Å². The standard InChI is InChI=1S/C21H20ClN3O4S2/c1-28-16-6-4-14(5-7-16)23-20(27)12-31-21-24-15(11-30-21)10-19(26)25-17-9-13(22)3-8-18(17)29-2/h3-9,11H,10,12H2,1-2H3,(H,23,27)(H,25,26). The fraction of sp³-hybridized carbons (Fsp3) is 0.190. The molecule has 0 bridgehead atoms. The second-order valence-electron chi connectivity index (χ2n) is 6.24. The van der Waals surface area contributed by atoms with Crippen molar-refractivity contribution in [1.29, 1.82) is 0 Å². The summed E-state index contributed by atoms with van der Waals surface area (Å²) in [6.45, 7) is 0. The van der Waals surface area contributed by atoms with Gasteiger partial charge >= 0.3 is 0 Å². The van der Waals surface area contributed by atoms with Gasteiger partial charge in [-0.3, -0.25) is 9.59 Å². The highest BCUT2D eigenvalue weighted by atomic mass is 35.5. The summed E-state index contributed by atoms with van der Waals surface area (Å²) < 4.78 is 11.0. The Morgan fingerprint density at radius 3 is 2.55 bits per heavy atom. The van der Waals surface area contributed by atoms with E-state index in [1.165, 1.54) is 30.2 Å². The molecule has 3 aromatic rings. The highest BCUT2D eigenvalue weighted by Crippen LogP contribution is 2.28. The molecule has 0 saturated heterocycles. The summed E-state index contributed by atoms with van der Waals surface area (Å²) in [7, 11) is 3.11. The van der Waals surface area contributed by atoms with Crippen molar-refractivity contribution in [3.63, 3.8) is 0 Å². The van der Waals surface area contributed by atoms with Gasteiger partial charge in [0.25, 0.3) is 0 Å². The van der Waals surface area contributed by atoms with E-state index >= 15 is 0 Å². The molecule has 10 heteroatoms. The third-order valence-electron chi connectivity index (χ3n) is 4.01. The number of carbonyl (C=O) groups excluding carboxylic acids is 2. The first-order valence-electron chi connectivity index (χ1n) is 9.11. The van der Waals surface area contributed by atoms with E-state index in [0.29, 0.717) is 32.2 Å². The summed E-state index contributed by atoms with van der Waals surface area (Å²) in [4.78, 5) is 28.9. The number of rotatable bonds is 9. The van der Waals surface area contributed by atoms with Crippen molar-refractivity contribution in [2.24, 2.45) is 0 Å². The van der Waals surface area contributed by atoms with Crippen molar-refractivity contribution in [3.05, 3.63) is 58.6 Å². The smallest absolute Gasteiger partial charge is 0.234 e. The van der Waals surface area contributed by atoms with Crippen LogP contribution in [-0.2, 0) is 16.0 Å². The molecule has 2 amide bonds.